The number of nitrogens with zero attached hydrogens (tertiary/aromatic N) is 1. The Labute approximate surface area is 244 Å². The Morgan fingerprint density at radius 1 is 0.429 bits per heavy atom. The quantitative estimate of drug-likeness (QED) is 0.217. The SMILES string of the molecule is c1ccc(-c2ccccc2N(c2ccccc2)c2ccc3c(ccc4oc5c(-c6ccccc6)cccc5c43)c2)cc1. The van der Waals surface area contributed by atoms with Crippen LogP contribution >= 0.6 is 0 Å². The van der Waals surface area contributed by atoms with Gasteiger partial charge < -0.3 is 9.32 Å². The minimum atomic E-state index is 0.906. The minimum Gasteiger partial charge on any atom is -0.455 e. The van der Waals surface area contributed by atoms with Crippen molar-refractivity contribution in [3.8, 4) is 22.3 Å². The van der Waals surface area contributed by atoms with Crippen LogP contribution in [-0.2, 0) is 0 Å². The van der Waals surface area contributed by atoms with Gasteiger partial charge in [0.2, 0.25) is 0 Å². The van der Waals surface area contributed by atoms with Crippen LogP contribution in [0.25, 0.3) is 55.0 Å². The fourth-order valence-corrected chi connectivity index (χ4v) is 6.13. The largest absolute Gasteiger partial charge is 0.455 e. The van der Waals surface area contributed by atoms with Gasteiger partial charge in [0.25, 0.3) is 0 Å². The second kappa shape index (κ2) is 10.1. The first-order chi connectivity index (χ1) is 20.8. The molecule has 1 heterocycles. The van der Waals surface area contributed by atoms with Crippen molar-refractivity contribution < 1.29 is 4.42 Å². The lowest BCUT2D eigenvalue weighted by atomic mass is 9.99. The number of fused-ring (bicyclic) bond motifs is 5. The monoisotopic (exact) mass is 537 g/mol. The second-order valence-electron chi connectivity index (χ2n) is 10.5. The van der Waals surface area contributed by atoms with E-state index in [0.29, 0.717) is 0 Å². The standard InChI is InChI=1S/C40H27NO/c1-4-13-28(14-5-1)33-19-10-11-22-37(33)41(31-17-8-3-9-18-31)32-24-25-34-30(27-32)23-26-38-39(34)36-21-12-20-35(40(36)42-38)29-15-6-2-7-16-29/h1-27H. The summed E-state index contributed by atoms with van der Waals surface area (Å²) in [5, 5.41) is 4.65. The van der Waals surface area contributed by atoms with Gasteiger partial charge in [-0.3, -0.25) is 0 Å². The van der Waals surface area contributed by atoms with Crippen molar-refractivity contribution >= 4 is 49.8 Å². The van der Waals surface area contributed by atoms with Gasteiger partial charge in [-0.05, 0) is 58.3 Å². The minimum absolute atomic E-state index is 0.906. The molecular formula is C40H27NO. The molecule has 0 aliphatic rings. The number of hydrogen-bond donors (Lipinski definition) is 0. The zero-order valence-corrected chi connectivity index (χ0v) is 22.9. The topological polar surface area (TPSA) is 16.4 Å². The molecule has 0 unspecified atom stereocenters. The summed E-state index contributed by atoms with van der Waals surface area (Å²) in [7, 11) is 0. The van der Waals surface area contributed by atoms with Crippen LogP contribution in [0.3, 0.4) is 0 Å². The average molecular weight is 538 g/mol. The van der Waals surface area contributed by atoms with Crippen molar-refractivity contribution in [3.05, 3.63) is 164 Å². The normalized spacial score (nSPS) is 11.3. The highest BCUT2D eigenvalue weighted by atomic mass is 16.3. The fraction of sp³-hybridized carbons (Fsp3) is 0. The first-order valence-electron chi connectivity index (χ1n) is 14.3. The van der Waals surface area contributed by atoms with Crippen LogP contribution in [0.15, 0.2) is 168 Å². The van der Waals surface area contributed by atoms with Crippen LogP contribution in [0.1, 0.15) is 0 Å². The van der Waals surface area contributed by atoms with Gasteiger partial charge in [0.1, 0.15) is 11.2 Å². The molecule has 0 N–H and O–H groups in total. The predicted molar refractivity (Wildman–Crippen MR) is 177 cm³/mol. The summed E-state index contributed by atoms with van der Waals surface area (Å²) in [4.78, 5) is 2.35. The number of hydrogen-bond acceptors (Lipinski definition) is 2. The van der Waals surface area contributed by atoms with E-state index in [1.165, 1.54) is 21.9 Å². The van der Waals surface area contributed by atoms with E-state index in [2.05, 4.69) is 163 Å². The van der Waals surface area contributed by atoms with E-state index in [-0.39, 0.29) is 0 Å². The molecule has 0 aliphatic heterocycles. The van der Waals surface area contributed by atoms with E-state index in [0.717, 1.165) is 50.1 Å². The van der Waals surface area contributed by atoms with Crippen LogP contribution in [0, 0.1) is 0 Å². The molecule has 0 aliphatic carbocycles. The maximum absolute atomic E-state index is 6.52. The van der Waals surface area contributed by atoms with E-state index in [1.807, 2.05) is 6.07 Å². The summed E-state index contributed by atoms with van der Waals surface area (Å²) < 4.78 is 6.52. The lowest BCUT2D eigenvalue weighted by Crippen LogP contribution is -2.11. The third-order valence-corrected chi connectivity index (χ3v) is 8.05. The maximum Gasteiger partial charge on any atom is 0.143 e. The van der Waals surface area contributed by atoms with E-state index in [9.17, 15) is 0 Å². The Bertz CT molecular complexity index is 2180. The summed E-state index contributed by atoms with van der Waals surface area (Å²) in [6, 6.07) is 57.8. The molecule has 8 aromatic rings. The van der Waals surface area contributed by atoms with Crippen LogP contribution in [0.5, 0.6) is 0 Å². The summed E-state index contributed by atoms with van der Waals surface area (Å²) in [6.45, 7) is 0. The van der Waals surface area contributed by atoms with Gasteiger partial charge in [0.05, 0.1) is 5.69 Å². The number of rotatable bonds is 5. The number of anilines is 3. The van der Waals surface area contributed by atoms with Gasteiger partial charge in [-0.2, -0.15) is 0 Å². The van der Waals surface area contributed by atoms with Crippen LogP contribution < -0.4 is 4.90 Å². The second-order valence-corrected chi connectivity index (χ2v) is 10.5. The lowest BCUT2D eigenvalue weighted by Gasteiger charge is -2.28. The molecule has 0 bridgehead atoms. The maximum atomic E-state index is 6.52. The smallest absolute Gasteiger partial charge is 0.143 e. The predicted octanol–water partition coefficient (Wildman–Crippen LogP) is 11.5. The molecule has 2 heteroatoms. The van der Waals surface area contributed by atoms with E-state index in [1.54, 1.807) is 0 Å². The highest BCUT2D eigenvalue weighted by Crippen LogP contribution is 2.43. The highest BCUT2D eigenvalue weighted by Gasteiger charge is 2.19. The van der Waals surface area contributed by atoms with Crippen molar-refractivity contribution in [2.24, 2.45) is 0 Å². The van der Waals surface area contributed by atoms with Crippen LogP contribution in [0.4, 0.5) is 17.1 Å². The highest BCUT2D eigenvalue weighted by molar-refractivity contribution is 6.21. The van der Waals surface area contributed by atoms with Gasteiger partial charge in [-0.15, -0.1) is 0 Å². The van der Waals surface area contributed by atoms with Crippen molar-refractivity contribution in [2.75, 3.05) is 4.90 Å². The van der Waals surface area contributed by atoms with Crippen molar-refractivity contribution in [1.82, 2.24) is 0 Å². The fourth-order valence-electron chi connectivity index (χ4n) is 6.13. The van der Waals surface area contributed by atoms with Crippen molar-refractivity contribution in [3.63, 3.8) is 0 Å². The molecule has 0 saturated heterocycles. The molecule has 7 aromatic carbocycles. The van der Waals surface area contributed by atoms with Gasteiger partial charge in [-0.1, -0.05) is 127 Å². The van der Waals surface area contributed by atoms with Gasteiger partial charge in [-0.25, -0.2) is 0 Å². The molecule has 0 amide bonds. The third kappa shape index (κ3) is 4.05. The summed E-state index contributed by atoms with van der Waals surface area (Å²) in [5.74, 6) is 0. The third-order valence-electron chi connectivity index (χ3n) is 8.05. The molecule has 0 spiro atoms. The molecule has 0 fully saturated rings. The van der Waals surface area contributed by atoms with Gasteiger partial charge in [0, 0.05) is 33.3 Å². The molecule has 8 rings (SSSR count). The van der Waals surface area contributed by atoms with Gasteiger partial charge >= 0.3 is 0 Å². The molecule has 2 nitrogen and oxygen atoms in total. The molecule has 1 aromatic heterocycles. The first kappa shape index (κ1) is 24.2. The van der Waals surface area contributed by atoms with Crippen molar-refractivity contribution in [2.45, 2.75) is 0 Å². The number of furan rings is 1. The molecular weight excluding hydrogens is 510 g/mol. The van der Waals surface area contributed by atoms with Crippen LogP contribution in [0.2, 0.25) is 0 Å². The zero-order valence-electron chi connectivity index (χ0n) is 22.9. The van der Waals surface area contributed by atoms with Crippen LogP contribution in [-0.4, -0.2) is 0 Å². The zero-order chi connectivity index (χ0) is 27.9. The summed E-state index contributed by atoms with van der Waals surface area (Å²) >= 11 is 0. The molecule has 0 saturated carbocycles. The Hall–Kier alpha value is -5.60. The molecule has 42 heavy (non-hydrogen) atoms. The number of benzene rings is 7. The van der Waals surface area contributed by atoms with Gasteiger partial charge in [0.15, 0.2) is 0 Å². The van der Waals surface area contributed by atoms with E-state index >= 15 is 0 Å². The summed E-state index contributed by atoms with van der Waals surface area (Å²) in [5.41, 5.74) is 9.84. The average Bonchev–Trinajstić information content (AvgIpc) is 3.46. The van der Waals surface area contributed by atoms with E-state index < -0.39 is 0 Å². The Kier molecular flexibility index (Phi) is 5.82. The van der Waals surface area contributed by atoms with E-state index in [4.69, 9.17) is 4.42 Å². The van der Waals surface area contributed by atoms with Crippen molar-refractivity contribution in [1.29, 1.82) is 0 Å². The first-order valence-corrected chi connectivity index (χ1v) is 14.3. The molecule has 0 atom stereocenters. The summed E-state index contributed by atoms with van der Waals surface area (Å²) in [6.07, 6.45) is 0. The Balaban J connectivity index is 1.33. The number of para-hydroxylation sites is 3. The Morgan fingerprint density at radius 2 is 1.07 bits per heavy atom. The Morgan fingerprint density at radius 3 is 1.83 bits per heavy atom. The molecule has 0 radical (unpaired) electrons. The lowest BCUT2D eigenvalue weighted by molar-refractivity contribution is 0.670. The molecule has 198 valence electrons.